The van der Waals surface area contributed by atoms with Crippen LogP contribution in [0.15, 0.2) is 53.1 Å². The van der Waals surface area contributed by atoms with E-state index < -0.39 is 0 Å². The molecule has 1 aromatic heterocycles. The van der Waals surface area contributed by atoms with E-state index in [1.54, 1.807) is 6.07 Å². The standard InChI is InChI=1S/C27H30ClN3O2/c28-23-12-10-20(11-13-23)25(31-14-4-1-5-15-31)18-29-27(32)24-17-26(33-30-24)22-9-8-19-6-2-3-7-21(19)16-22/h8-13,16-17,25H,1-7,14-15,18H2,(H,29,32)/t25-/m0/s1. The largest absolute Gasteiger partial charge is 0.355 e. The molecule has 0 radical (unpaired) electrons. The molecule has 0 spiro atoms. The fraction of sp³-hybridized carbons (Fsp3) is 0.407. The maximum absolute atomic E-state index is 12.9. The number of halogens is 1. The average Bonchev–Trinajstić information content (AvgIpc) is 3.36. The smallest absolute Gasteiger partial charge is 0.273 e. The van der Waals surface area contributed by atoms with E-state index in [0.717, 1.165) is 42.1 Å². The molecular weight excluding hydrogens is 434 g/mol. The lowest BCUT2D eigenvalue weighted by molar-refractivity contribution is 0.0915. The van der Waals surface area contributed by atoms with Crippen LogP contribution in [-0.4, -0.2) is 35.6 Å². The minimum absolute atomic E-state index is 0.110. The van der Waals surface area contributed by atoms with Gasteiger partial charge in [0.05, 0.1) is 6.04 Å². The van der Waals surface area contributed by atoms with Gasteiger partial charge in [0.15, 0.2) is 11.5 Å². The SMILES string of the molecule is O=C(NC[C@@H](c1ccc(Cl)cc1)N1CCCCC1)c1cc(-c2ccc3c(c2)CCCC3)on1. The number of hydrogen-bond acceptors (Lipinski definition) is 4. The van der Waals surface area contributed by atoms with Crippen molar-refractivity contribution in [2.24, 2.45) is 0 Å². The second kappa shape index (κ2) is 10.1. The van der Waals surface area contributed by atoms with Crippen molar-refractivity contribution < 1.29 is 9.32 Å². The van der Waals surface area contributed by atoms with Gasteiger partial charge in [-0.3, -0.25) is 9.69 Å². The summed E-state index contributed by atoms with van der Waals surface area (Å²) in [7, 11) is 0. The van der Waals surface area contributed by atoms with Crippen molar-refractivity contribution in [1.29, 1.82) is 0 Å². The number of fused-ring (bicyclic) bond motifs is 1. The van der Waals surface area contributed by atoms with Gasteiger partial charge in [0.25, 0.3) is 5.91 Å². The van der Waals surface area contributed by atoms with Crippen molar-refractivity contribution in [2.45, 2.75) is 51.0 Å². The lowest BCUT2D eigenvalue weighted by Gasteiger charge is -2.35. The van der Waals surface area contributed by atoms with E-state index in [-0.39, 0.29) is 11.9 Å². The number of piperidine rings is 1. The molecule has 2 aromatic carbocycles. The Hall–Kier alpha value is -2.63. The first kappa shape index (κ1) is 22.2. The highest BCUT2D eigenvalue weighted by Gasteiger charge is 2.24. The number of aromatic nitrogens is 1. The van der Waals surface area contributed by atoms with Crippen LogP contribution >= 0.6 is 11.6 Å². The average molecular weight is 464 g/mol. The van der Waals surface area contributed by atoms with Crippen LogP contribution in [-0.2, 0) is 12.8 Å². The number of carbonyl (C=O) groups is 1. The van der Waals surface area contributed by atoms with Crippen LogP contribution in [0.3, 0.4) is 0 Å². The molecule has 0 saturated carbocycles. The van der Waals surface area contributed by atoms with Gasteiger partial charge >= 0.3 is 0 Å². The van der Waals surface area contributed by atoms with Crippen LogP contribution in [0.5, 0.6) is 0 Å². The van der Waals surface area contributed by atoms with Crippen LogP contribution in [0.1, 0.15) is 65.3 Å². The zero-order valence-corrected chi connectivity index (χ0v) is 19.6. The molecule has 3 aromatic rings. The molecule has 1 amide bonds. The summed E-state index contributed by atoms with van der Waals surface area (Å²) in [5, 5.41) is 7.87. The highest BCUT2D eigenvalue weighted by atomic mass is 35.5. The lowest BCUT2D eigenvalue weighted by Crippen LogP contribution is -2.40. The normalized spacial score (nSPS) is 17.4. The first-order chi connectivity index (χ1) is 16.2. The molecule has 172 valence electrons. The molecule has 5 nitrogen and oxygen atoms in total. The van der Waals surface area contributed by atoms with Crippen molar-refractivity contribution in [1.82, 2.24) is 15.4 Å². The molecule has 1 N–H and O–H groups in total. The minimum Gasteiger partial charge on any atom is -0.355 e. The summed E-state index contributed by atoms with van der Waals surface area (Å²) < 4.78 is 5.55. The van der Waals surface area contributed by atoms with E-state index in [1.165, 1.54) is 43.2 Å². The van der Waals surface area contributed by atoms with Crippen LogP contribution in [0.25, 0.3) is 11.3 Å². The lowest BCUT2D eigenvalue weighted by atomic mass is 9.90. The predicted octanol–water partition coefficient (Wildman–Crippen LogP) is 5.83. The quantitative estimate of drug-likeness (QED) is 0.499. The fourth-order valence-electron chi connectivity index (χ4n) is 5.06. The zero-order valence-electron chi connectivity index (χ0n) is 18.9. The van der Waals surface area contributed by atoms with E-state index in [2.05, 4.69) is 45.7 Å². The Bertz CT molecular complexity index is 1100. The van der Waals surface area contributed by atoms with Gasteiger partial charge in [-0.05, 0) is 86.5 Å². The molecule has 1 aliphatic heterocycles. The monoisotopic (exact) mass is 463 g/mol. The second-order valence-electron chi connectivity index (χ2n) is 9.14. The number of nitrogens with zero attached hydrogens (tertiary/aromatic N) is 2. The number of rotatable bonds is 6. The van der Waals surface area contributed by atoms with E-state index in [4.69, 9.17) is 16.1 Å². The van der Waals surface area contributed by atoms with Gasteiger partial charge in [-0.25, -0.2) is 0 Å². The third-order valence-corrected chi connectivity index (χ3v) is 7.17. The summed E-state index contributed by atoms with van der Waals surface area (Å²) in [5.41, 5.74) is 5.27. The predicted molar refractivity (Wildman–Crippen MR) is 131 cm³/mol. The van der Waals surface area contributed by atoms with Crippen molar-refractivity contribution in [3.05, 3.63) is 75.9 Å². The highest BCUT2D eigenvalue weighted by Crippen LogP contribution is 2.28. The van der Waals surface area contributed by atoms with Crippen LogP contribution in [0.4, 0.5) is 0 Å². The number of aryl methyl sites for hydroxylation is 2. The number of hydrogen-bond donors (Lipinski definition) is 1. The third kappa shape index (κ3) is 5.15. The molecule has 6 heteroatoms. The molecule has 33 heavy (non-hydrogen) atoms. The van der Waals surface area contributed by atoms with Crippen molar-refractivity contribution >= 4 is 17.5 Å². The number of amides is 1. The number of likely N-dealkylation sites (tertiary alicyclic amines) is 1. The Kier molecular flexibility index (Phi) is 6.79. The molecule has 2 heterocycles. The molecular formula is C27H30ClN3O2. The molecule has 1 saturated heterocycles. The fourth-order valence-corrected chi connectivity index (χ4v) is 5.18. The third-order valence-electron chi connectivity index (χ3n) is 6.92. The van der Waals surface area contributed by atoms with E-state index >= 15 is 0 Å². The summed E-state index contributed by atoms with van der Waals surface area (Å²) in [6.07, 6.45) is 8.37. The maximum Gasteiger partial charge on any atom is 0.273 e. The minimum atomic E-state index is -0.209. The molecule has 0 unspecified atom stereocenters. The van der Waals surface area contributed by atoms with Crippen molar-refractivity contribution in [3.8, 4) is 11.3 Å². The van der Waals surface area contributed by atoms with Crippen molar-refractivity contribution in [3.63, 3.8) is 0 Å². The number of carbonyl (C=O) groups excluding carboxylic acids is 1. The number of benzene rings is 2. The topological polar surface area (TPSA) is 58.4 Å². The first-order valence-corrected chi connectivity index (χ1v) is 12.4. The van der Waals surface area contributed by atoms with Gasteiger partial charge in [0, 0.05) is 23.2 Å². The van der Waals surface area contributed by atoms with Gasteiger partial charge in [0.2, 0.25) is 0 Å². The summed E-state index contributed by atoms with van der Waals surface area (Å²) in [6.45, 7) is 2.59. The Labute approximate surface area is 200 Å². The van der Waals surface area contributed by atoms with Crippen molar-refractivity contribution in [2.75, 3.05) is 19.6 Å². The first-order valence-electron chi connectivity index (χ1n) is 12.0. The zero-order chi connectivity index (χ0) is 22.6. The van der Waals surface area contributed by atoms with Gasteiger partial charge in [-0.15, -0.1) is 0 Å². The maximum atomic E-state index is 12.9. The Morgan fingerprint density at radius 2 is 1.73 bits per heavy atom. The van der Waals surface area contributed by atoms with Gasteiger partial charge in [-0.2, -0.15) is 0 Å². The van der Waals surface area contributed by atoms with E-state index in [0.29, 0.717) is 18.0 Å². The molecule has 1 atom stereocenters. The van der Waals surface area contributed by atoms with Gasteiger partial charge in [-0.1, -0.05) is 47.4 Å². The molecule has 2 aliphatic rings. The Balaban J connectivity index is 1.28. The van der Waals surface area contributed by atoms with Crippen LogP contribution in [0.2, 0.25) is 5.02 Å². The second-order valence-corrected chi connectivity index (χ2v) is 9.58. The summed E-state index contributed by atoms with van der Waals surface area (Å²) in [5.74, 6) is 0.428. The molecule has 5 rings (SSSR count). The molecule has 0 bridgehead atoms. The van der Waals surface area contributed by atoms with Crippen LogP contribution in [0, 0.1) is 0 Å². The Morgan fingerprint density at radius 1 is 0.970 bits per heavy atom. The number of nitrogens with one attached hydrogen (secondary N) is 1. The van der Waals surface area contributed by atoms with Crippen LogP contribution < -0.4 is 5.32 Å². The van der Waals surface area contributed by atoms with Gasteiger partial charge in [0.1, 0.15) is 0 Å². The summed E-state index contributed by atoms with van der Waals surface area (Å²) in [6, 6.07) is 16.2. The Morgan fingerprint density at radius 3 is 2.52 bits per heavy atom. The summed E-state index contributed by atoms with van der Waals surface area (Å²) in [4.78, 5) is 15.4. The molecule has 1 aliphatic carbocycles. The van der Waals surface area contributed by atoms with Gasteiger partial charge < -0.3 is 9.84 Å². The van der Waals surface area contributed by atoms with E-state index in [9.17, 15) is 4.79 Å². The van der Waals surface area contributed by atoms with E-state index in [1.807, 2.05) is 12.1 Å². The highest BCUT2D eigenvalue weighted by molar-refractivity contribution is 6.30. The summed E-state index contributed by atoms with van der Waals surface area (Å²) >= 11 is 6.10. The molecule has 1 fully saturated rings.